The fourth-order valence-corrected chi connectivity index (χ4v) is 0.723. The van der Waals surface area contributed by atoms with E-state index in [4.69, 9.17) is 0 Å². The number of halogens is 4. The van der Waals surface area contributed by atoms with Crippen LogP contribution < -0.4 is 0 Å². The zero-order valence-corrected chi connectivity index (χ0v) is 6.38. The summed E-state index contributed by atoms with van der Waals surface area (Å²) in [6.07, 6.45) is -4.65. The number of hydrogen-bond acceptors (Lipinski definition) is 3. The molecule has 0 fully saturated rings. The van der Waals surface area contributed by atoms with Gasteiger partial charge in [0, 0.05) is 6.07 Å². The average Bonchev–Trinajstić information content (AvgIpc) is 2.02. The van der Waals surface area contributed by atoms with Crippen LogP contribution in [0.2, 0.25) is 0 Å². The molecular formula is C6H2F4N2O2. The van der Waals surface area contributed by atoms with E-state index in [9.17, 15) is 27.7 Å². The molecule has 0 radical (unpaired) electrons. The van der Waals surface area contributed by atoms with Crippen molar-refractivity contribution in [3.63, 3.8) is 0 Å². The summed E-state index contributed by atoms with van der Waals surface area (Å²) in [7, 11) is 0. The third-order valence-corrected chi connectivity index (χ3v) is 1.32. The number of nitrogens with zero attached hydrogens (tertiary/aromatic N) is 2. The summed E-state index contributed by atoms with van der Waals surface area (Å²) in [4.78, 5) is 11.5. The predicted molar refractivity (Wildman–Crippen MR) is 35.9 cm³/mol. The van der Waals surface area contributed by atoms with Gasteiger partial charge in [0.15, 0.2) is 5.69 Å². The molecular weight excluding hydrogens is 208 g/mol. The lowest BCUT2D eigenvalue weighted by Gasteiger charge is -2.04. The van der Waals surface area contributed by atoms with E-state index < -0.39 is 28.3 Å². The van der Waals surface area contributed by atoms with Gasteiger partial charge in [-0.2, -0.15) is 17.6 Å². The van der Waals surface area contributed by atoms with Crippen molar-refractivity contribution in [3.8, 4) is 0 Å². The lowest BCUT2D eigenvalue weighted by Crippen LogP contribution is -2.09. The second-order valence-electron chi connectivity index (χ2n) is 2.28. The number of hydrogen-bond donors (Lipinski definition) is 0. The summed E-state index contributed by atoms with van der Waals surface area (Å²) in [5.41, 5.74) is -2.74. The molecule has 0 saturated heterocycles. The monoisotopic (exact) mass is 210 g/mol. The van der Waals surface area contributed by atoms with Crippen LogP contribution in [-0.4, -0.2) is 9.91 Å². The van der Waals surface area contributed by atoms with Crippen LogP contribution in [0.15, 0.2) is 12.3 Å². The quantitative estimate of drug-likeness (QED) is 0.405. The summed E-state index contributed by atoms with van der Waals surface area (Å²) in [6, 6.07) is 0.0509. The zero-order valence-electron chi connectivity index (χ0n) is 6.38. The van der Waals surface area contributed by atoms with E-state index in [0.29, 0.717) is 0 Å². The fraction of sp³-hybridized carbons (Fsp3) is 0.167. The average molecular weight is 210 g/mol. The highest BCUT2D eigenvalue weighted by atomic mass is 19.4. The maximum absolute atomic E-state index is 12.5. The van der Waals surface area contributed by atoms with Crippen molar-refractivity contribution in [2.45, 2.75) is 6.18 Å². The van der Waals surface area contributed by atoms with Crippen molar-refractivity contribution in [2.75, 3.05) is 0 Å². The predicted octanol–water partition coefficient (Wildman–Crippen LogP) is 2.15. The molecule has 0 atom stereocenters. The van der Waals surface area contributed by atoms with E-state index in [0.717, 1.165) is 0 Å². The minimum atomic E-state index is -4.82. The Morgan fingerprint density at radius 3 is 2.43 bits per heavy atom. The van der Waals surface area contributed by atoms with Crippen molar-refractivity contribution < 1.29 is 22.5 Å². The van der Waals surface area contributed by atoms with Crippen molar-refractivity contribution >= 4 is 5.69 Å². The molecule has 8 heteroatoms. The first-order chi connectivity index (χ1) is 6.32. The standard InChI is InChI=1S/C6H2F4N2O2/c7-3-2-11-5(6(8,9)10)1-4(3)12(13)14/h1-2H. The second kappa shape index (κ2) is 3.20. The maximum atomic E-state index is 12.5. The Balaban J connectivity index is 3.27. The molecule has 0 aromatic carbocycles. The van der Waals surface area contributed by atoms with Gasteiger partial charge in [-0.15, -0.1) is 0 Å². The van der Waals surface area contributed by atoms with E-state index in [1.165, 1.54) is 0 Å². The summed E-state index contributed by atoms with van der Waals surface area (Å²) < 4.78 is 48.4. The van der Waals surface area contributed by atoms with E-state index in [1.54, 1.807) is 0 Å². The van der Waals surface area contributed by atoms with Gasteiger partial charge in [0.25, 0.3) is 0 Å². The van der Waals surface area contributed by atoms with Gasteiger partial charge in [-0.1, -0.05) is 0 Å². The molecule has 4 nitrogen and oxygen atoms in total. The number of aromatic nitrogens is 1. The SMILES string of the molecule is O=[N+]([O-])c1cc(C(F)(F)F)ncc1F. The molecule has 0 unspecified atom stereocenters. The van der Waals surface area contributed by atoms with Crippen LogP contribution in [0.5, 0.6) is 0 Å². The molecule has 0 saturated carbocycles. The van der Waals surface area contributed by atoms with Gasteiger partial charge >= 0.3 is 11.9 Å². The Morgan fingerprint density at radius 2 is 2.00 bits per heavy atom. The number of rotatable bonds is 1. The van der Waals surface area contributed by atoms with Gasteiger partial charge in [0.05, 0.1) is 11.1 Å². The molecule has 0 spiro atoms. The molecule has 1 rings (SSSR count). The van der Waals surface area contributed by atoms with Gasteiger partial charge in [-0.05, 0) is 0 Å². The summed E-state index contributed by atoms with van der Waals surface area (Å²) >= 11 is 0. The maximum Gasteiger partial charge on any atom is 0.433 e. The molecule has 0 amide bonds. The van der Waals surface area contributed by atoms with E-state index in [2.05, 4.69) is 4.98 Å². The van der Waals surface area contributed by atoms with Crippen LogP contribution in [0.4, 0.5) is 23.2 Å². The first-order valence-electron chi connectivity index (χ1n) is 3.19. The van der Waals surface area contributed by atoms with E-state index >= 15 is 0 Å². The Kier molecular flexibility index (Phi) is 2.37. The van der Waals surface area contributed by atoms with Gasteiger partial charge < -0.3 is 0 Å². The minimum absolute atomic E-state index is 0.0509. The number of pyridine rings is 1. The Hall–Kier alpha value is -1.73. The Bertz CT molecular complexity index is 377. The summed E-state index contributed by atoms with van der Waals surface area (Å²) in [6.45, 7) is 0. The van der Waals surface area contributed by atoms with Crippen LogP contribution in [-0.2, 0) is 6.18 Å². The van der Waals surface area contributed by atoms with E-state index in [1.807, 2.05) is 0 Å². The van der Waals surface area contributed by atoms with Gasteiger partial charge in [-0.25, -0.2) is 4.98 Å². The molecule has 0 N–H and O–H groups in total. The third kappa shape index (κ3) is 1.95. The molecule has 1 aromatic rings. The van der Waals surface area contributed by atoms with Gasteiger partial charge in [-0.3, -0.25) is 10.1 Å². The first-order valence-corrected chi connectivity index (χ1v) is 3.19. The number of alkyl halides is 3. The molecule has 0 aliphatic carbocycles. The van der Waals surface area contributed by atoms with Crippen LogP contribution in [0.3, 0.4) is 0 Å². The molecule has 0 bridgehead atoms. The highest BCUT2D eigenvalue weighted by Gasteiger charge is 2.35. The summed E-state index contributed by atoms with van der Waals surface area (Å²) in [5, 5.41) is 10.1. The van der Waals surface area contributed by atoms with Crippen molar-refractivity contribution in [2.24, 2.45) is 0 Å². The lowest BCUT2D eigenvalue weighted by molar-refractivity contribution is -0.387. The first kappa shape index (κ1) is 10.4. The highest BCUT2D eigenvalue weighted by Crippen LogP contribution is 2.30. The Morgan fingerprint density at radius 1 is 1.43 bits per heavy atom. The molecule has 0 aliphatic heterocycles. The van der Waals surface area contributed by atoms with Crippen LogP contribution in [0.1, 0.15) is 5.69 Å². The molecule has 1 aromatic heterocycles. The van der Waals surface area contributed by atoms with Crippen LogP contribution in [0, 0.1) is 15.9 Å². The lowest BCUT2D eigenvalue weighted by atomic mass is 10.3. The van der Waals surface area contributed by atoms with Crippen molar-refractivity contribution in [1.29, 1.82) is 0 Å². The number of nitro groups is 1. The second-order valence-corrected chi connectivity index (χ2v) is 2.28. The van der Waals surface area contributed by atoms with E-state index in [-0.39, 0.29) is 12.3 Å². The topological polar surface area (TPSA) is 56.0 Å². The fourth-order valence-electron chi connectivity index (χ4n) is 0.723. The highest BCUT2D eigenvalue weighted by molar-refractivity contribution is 5.32. The van der Waals surface area contributed by atoms with Crippen molar-refractivity contribution in [1.82, 2.24) is 4.98 Å². The smallest absolute Gasteiger partial charge is 0.258 e. The third-order valence-electron chi connectivity index (χ3n) is 1.32. The molecule has 0 aliphatic rings. The summed E-state index contributed by atoms with van der Waals surface area (Å²) in [5.74, 6) is -1.40. The zero-order chi connectivity index (χ0) is 10.9. The largest absolute Gasteiger partial charge is 0.433 e. The molecule has 14 heavy (non-hydrogen) atoms. The van der Waals surface area contributed by atoms with Crippen LogP contribution >= 0.6 is 0 Å². The van der Waals surface area contributed by atoms with Gasteiger partial charge in [0.1, 0.15) is 0 Å². The normalized spacial score (nSPS) is 11.4. The van der Waals surface area contributed by atoms with Crippen LogP contribution in [0.25, 0.3) is 0 Å². The molecule has 76 valence electrons. The molecule has 1 heterocycles. The Labute approximate surface area is 74.3 Å². The van der Waals surface area contributed by atoms with Gasteiger partial charge in [0.2, 0.25) is 5.82 Å². The van der Waals surface area contributed by atoms with Crippen molar-refractivity contribution in [3.05, 3.63) is 33.9 Å². The minimum Gasteiger partial charge on any atom is -0.258 e.